The van der Waals surface area contributed by atoms with E-state index in [2.05, 4.69) is 5.32 Å². The van der Waals surface area contributed by atoms with Crippen LogP contribution in [-0.4, -0.2) is 27.6 Å². The molecule has 0 saturated heterocycles. The van der Waals surface area contributed by atoms with Crippen LogP contribution in [0, 0.1) is 12.8 Å². The van der Waals surface area contributed by atoms with E-state index < -0.39 is 10.0 Å². The van der Waals surface area contributed by atoms with E-state index in [9.17, 15) is 13.2 Å². The van der Waals surface area contributed by atoms with E-state index in [0.29, 0.717) is 23.7 Å². The average Bonchev–Trinajstić information content (AvgIpc) is 2.72. The van der Waals surface area contributed by atoms with Crippen molar-refractivity contribution in [3.63, 3.8) is 0 Å². The van der Waals surface area contributed by atoms with E-state index in [1.165, 1.54) is 17.8 Å². The molecule has 1 aliphatic rings. The molecule has 1 N–H and O–H groups in total. The summed E-state index contributed by atoms with van der Waals surface area (Å²) in [5.74, 6) is 0.461. The fraction of sp³-hybridized carbons (Fsp3) is 0.435. The molecule has 6 nitrogen and oxygen atoms in total. The Bertz CT molecular complexity index is 998. The standard InChI is InChI=1S/C23H30N2O4S/c1-17-8-7-9-18(14-17)16-29-22-15-20(12-13-21(22)25(2)30(3,27)28)24-23(26)19-10-5-4-6-11-19/h7-9,12-15,19H,4-6,10-11,16H2,1-3H3,(H,24,26). The van der Waals surface area contributed by atoms with Gasteiger partial charge in [-0.1, -0.05) is 49.1 Å². The number of nitrogens with one attached hydrogen (secondary N) is 1. The van der Waals surface area contributed by atoms with Gasteiger partial charge in [0.2, 0.25) is 15.9 Å². The van der Waals surface area contributed by atoms with Gasteiger partial charge in [-0.05, 0) is 37.5 Å². The van der Waals surface area contributed by atoms with Crippen molar-refractivity contribution in [2.24, 2.45) is 5.92 Å². The van der Waals surface area contributed by atoms with E-state index in [4.69, 9.17) is 4.74 Å². The molecule has 0 atom stereocenters. The van der Waals surface area contributed by atoms with Crippen LogP contribution in [0.15, 0.2) is 42.5 Å². The van der Waals surface area contributed by atoms with Gasteiger partial charge in [0, 0.05) is 24.7 Å². The van der Waals surface area contributed by atoms with Gasteiger partial charge in [-0.25, -0.2) is 8.42 Å². The maximum atomic E-state index is 12.6. The molecule has 1 saturated carbocycles. The highest BCUT2D eigenvalue weighted by atomic mass is 32.2. The van der Waals surface area contributed by atoms with Crippen LogP contribution in [-0.2, 0) is 21.4 Å². The molecule has 1 fully saturated rings. The topological polar surface area (TPSA) is 75.7 Å². The lowest BCUT2D eigenvalue weighted by molar-refractivity contribution is -0.120. The monoisotopic (exact) mass is 430 g/mol. The van der Waals surface area contributed by atoms with Crippen LogP contribution < -0.4 is 14.4 Å². The maximum Gasteiger partial charge on any atom is 0.232 e. The van der Waals surface area contributed by atoms with E-state index in [0.717, 1.165) is 43.1 Å². The summed E-state index contributed by atoms with van der Waals surface area (Å²) in [7, 11) is -1.96. The van der Waals surface area contributed by atoms with Gasteiger partial charge in [-0.2, -0.15) is 0 Å². The Morgan fingerprint density at radius 2 is 1.87 bits per heavy atom. The lowest BCUT2D eigenvalue weighted by Crippen LogP contribution is -2.26. The zero-order chi connectivity index (χ0) is 21.7. The van der Waals surface area contributed by atoms with Crippen molar-refractivity contribution >= 4 is 27.3 Å². The van der Waals surface area contributed by atoms with Crippen molar-refractivity contribution in [2.75, 3.05) is 22.9 Å². The molecule has 0 radical (unpaired) electrons. The number of sulfonamides is 1. The van der Waals surface area contributed by atoms with Crippen molar-refractivity contribution in [3.05, 3.63) is 53.6 Å². The Labute approximate surface area is 179 Å². The molecule has 0 spiro atoms. The second-order valence-electron chi connectivity index (χ2n) is 8.01. The van der Waals surface area contributed by atoms with Crippen molar-refractivity contribution in [2.45, 2.75) is 45.6 Å². The number of hydrogen-bond donors (Lipinski definition) is 1. The minimum Gasteiger partial charge on any atom is -0.487 e. The molecule has 1 aliphatic carbocycles. The highest BCUT2D eigenvalue weighted by Gasteiger charge is 2.22. The number of carbonyl (C=O) groups is 1. The number of carbonyl (C=O) groups excluding carboxylic acids is 1. The first-order valence-electron chi connectivity index (χ1n) is 10.3. The quantitative estimate of drug-likeness (QED) is 0.702. The van der Waals surface area contributed by atoms with Gasteiger partial charge in [0.05, 0.1) is 11.9 Å². The zero-order valence-corrected chi connectivity index (χ0v) is 18.7. The molecule has 0 heterocycles. The van der Waals surface area contributed by atoms with E-state index in [1.807, 2.05) is 31.2 Å². The maximum absolute atomic E-state index is 12.6. The minimum atomic E-state index is -3.46. The molecule has 1 amide bonds. The summed E-state index contributed by atoms with van der Waals surface area (Å²) in [5.41, 5.74) is 3.15. The third-order valence-corrected chi connectivity index (χ3v) is 6.71. The van der Waals surface area contributed by atoms with Crippen LogP contribution in [0.1, 0.15) is 43.2 Å². The number of anilines is 2. The largest absolute Gasteiger partial charge is 0.487 e. The summed E-state index contributed by atoms with van der Waals surface area (Å²) in [6.07, 6.45) is 6.33. The second kappa shape index (κ2) is 9.51. The number of hydrogen-bond acceptors (Lipinski definition) is 4. The number of nitrogens with zero attached hydrogens (tertiary/aromatic N) is 1. The summed E-state index contributed by atoms with van der Waals surface area (Å²) >= 11 is 0. The van der Waals surface area contributed by atoms with Gasteiger partial charge in [0.1, 0.15) is 12.4 Å². The Balaban J connectivity index is 1.83. The van der Waals surface area contributed by atoms with Crippen LogP contribution in [0.4, 0.5) is 11.4 Å². The van der Waals surface area contributed by atoms with Crippen molar-refractivity contribution in [1.29, 1.82) is 0 Å². The Morgan fingerprint density at radius 3 is 2.53 bits per heavy atom. The van der Waals surface area contributed by atoms with Gasteiger partial charge >= 0.3 is 0 Å². The lowest BCUT2D eigenvalue weighted by Gasteiger charge is -2.23. The normalized spacial score (nSPS) is 14.9. The highest BCUT2D eigenvalue weighted by Crippen LogP contribution is 2.33. The first-order valence-corrected chi connectivity index (χ1v) is 12.2. The Kier molecular flexibility index (Phi) is 7.02. The summed E-state index contributed by atoms with van der Waals surface area (Å²) < 4.78 is 31.3. The molecule has 3 rings (SSSR count). The molecule has 2 aromatic rings. The number of rotatable bonds is 7. The van der Waals surface area contributed by atoms with Crippen LogP contribution >= 0.6 is 0 Å². The van der Waals surface area contributed by atoms with Gasteiger partial charge in [-0.3, -0.25) is 9.10 Å². The fourth-order valence-electron chi connectivity index (χ4n) is 3.72. The van der Waals surface area contributed by atoms with Crippen molar-refractivity contribution in [1.82, 2.24) is 0 Å². The Hall–Kier alpha value is -2.54. The van der Waals surface area contributed by atoms with Gasteiger partial charge < -0.3 is 10.1 Å². The number of ether oxygens (including phenoxy) is 1. The van der Waals surface area contributed by atoms with Gasteiger partial charge in [-0.15, -0.1) is 0 Å². The third kappa shape index (κ3) is 5.75. The minimum absolute atomic E-state index is 0.0172. The van der Waals surface area contributed by atoms with Crippen LogP contribution in [0.25, 0.3) is 0 Å². The van der Waals surface area contributed by atoms with Gasteiger partial charge in [0.25, 0.3) is 0 Å². The summed E-state index contributed by atoms with van der Waals surface area (Å²) in [4.78, 5) is 12.6. The molecule has 2 aromatic carbocycles. The average molecular weight is 431 g/mol. The second-order valence-corrected chi connectivity index (χ2v) is 10.0. The molecule has 0 bridgehead atoms. The van der Waals surface area contributed by atoms with Crippen LogP contribution in [0.2, 0.25) is 0 Å². The molecular formula is C23H30N2O4S. The highest BCUT2D eigenvalue weighted by molar-refractivity contribution is 7.92. The van der Waals surface area contributed by atoms with Crippen LogP contribution in [0.3, 0.4) is 0 Å². The Morgan fingerprint density at radius 1 is 1.13 bits per heavy atom. The molecule has 162 valence electrons. The SMILES string of the molecule is Cc1cccc(COc2cc(NC(=O)C3CCCCC3)ccc2N(C)S(C)(=O)=O)c1. The first-order chi connectivity index (χ1) is 14.2. The fourth-order valence-corrected chi connectivity index (χ4v) is 4.23. The van der Waals surface area contributed by atoms with Crippen molar-refractivity contribution in [3.8, 4) is 5.75 Å². The summed E-state index contributed by atoms with van der Waals surface area (Å²) in [6, 6.07) is 13.0. The molecule has 0 unspecified atom stereocenters. The smallest absolute Gasteiger partial charge is 0.232 e. The summed E-state index contributed by atoms with van der Waals surface area (Å²) in [5, 5.41) is 2.98. The predicted octanol–water partition coefficient (Wildman–Crippen LogP) is 4.49. The molecular weight excluding hydrogens is 400 g/mol. The summed E-state index contributed by atoms with van der Waals surface area (Å²) in [6.45, 7) is 2.31. The number of amides is 1. The van der Waals surface area contributed by atoms with Crippen molar-refractivity contribution < 1.29 is 17.9 Å². The van der Waals surface area contributed by atoms with E-state index >= 15 is 0 Å². The van der Waals surface area contributed by atoms with Gasteiger partial charge in [0.15, 0.2) is 0 Å². The number of benzene rings is 2. The molecule has 7 heteroatoms. The van der Waals surface area contributed by atoms with Crippen LogP contribution in [0.5, 0.6) is 5.75 Å². The molecule has 30 heavy (non-hydrogen) atoms. The zero-order valence-electron chi connectivity index (χ0n) is 17.8. The first kappa shape index (κ1) is 22.2. The predicted molar refractivity (Wildman–Crippen MR) is 120 cm³/mol. The lowest BCUT2D eigenvalue weighted by atomic mass is 9.88. The number of aryl methyl sites for hydroxylation is 1. The molecule has 0 aromatic heterocycles. The van der Waals surface area contributed by atoms with E-state index in [-0.39, 0.29) is 11.8 Å². The third-order valence-electron chi connectivity index (χ3n) is 5.52. The molecule has 0 aliphatic heterocycles. The van der Waals surface area contributed by atoms with E-state index in [1.54, 1.807) is 18.2 Å².